The number of carbonyl (C=O) groups is 1. The maximum absolute atomic E-state index is 12.3. The molecule has 2 N–H and O–H groups in total. The fourth-order valence-corrected chi connectivity index (χ4v) is 4.87. The van der Waals surface area contributed by atoms with Crippen molar-refractivity contribution in [2.45, 2.75) is 37.8 Å². The maximum atomic E-state index is 12.3. The van der Waals surface area contributed by atoms with E-state index in [1.54, 1.807) is 19.6 Å². The Morgan fingerprint density at radius 3 is 2.72 bits per heavy atom. The van der Waals surface area contributed by atoms with Crippen LogP contribution in [0, 0.1) is 3.57 Å². The average molecular weight is 508 g/mol. The van der Waals surface area contributed by atoms with Crippen LogP contribution in [0.5, 0.6) is 0 Å². The van der Waals surface area contributed by atoms with E-state index in [0.717, 1.165) is 45.8 Å². The Bertz CT molecular complexity index is 991. The standard InChI is InChI=1S/C21H25IN4O3/c1-28-8-9-29-16-4-2-14(3-5-16)26-12-19(22)17-10-15(25-7-6-24-13-25)11-18(20(17)26)21(23)27/h6-7,10-14,16H,2-5,8-9H2,1H3,(H2,23,27). The minimum absolute atomic E-state index is 0.283. The number of primary amides is 1. The predicted molar refractivity (Wildman–Crippen MR) is 119 cm³/mol. The molecule has 0 atom stereocenters. The molecule has 1 aromatic carbocycles. The van der Waals surface area contributed by atoms with Crippen molar-refractivity contribution in [2.24, 2.45) is 5.73 Å². The van der Waals surface area contributed by atoms with E-state index >= 15 is 0 Å². The largest absolute Gasteiger partial charge is 0.382 e. The van der Waals surface area contributed by atoms with E-state index in [-0.39, 0.29) is 6.10 Å². The molecule has 0 radical (unpaired) electrons. The lowest BCUT2D eigenvalue weighted by Gasteiger charge is -2.30. The van der Waals surface area contributed by atoms with Gasteiger partial charge in [-0.3, -0.25) is 4.79 Å². The molecule has 1 aliphatic carbocycles. The van der Waals surface area contributed by atoms with E-state index in [4.69, 9.17) is 15.2 Å². The molecule has 2 aromatic heterocycles. The third kappa shape index (κ3) is 4.19. The summed E-state index contributed by atoms with van der Waals surface area (Å²) < 4.78 is 16.2. The molecule has 29 heavy (non-hydrogen) atoms. The normalized spacial score (nSPS) is 19.7. The van der Waals surface area contributed by atoms with Crippen LogP contribution in [0.15, 0.2) is 37.1 Å². The predicted octanol–water partition coefficient (Wildman–Crippen LogP) is 3.68. The summed E-state index contributed by atoms with van der Waals surface area (Å²) in [7, 11) is 1.69. The van der Waals surface area contributed by atoms with E-state index in [0.29, 0.717) is 24.8 Å². The van der Waals surface area contributed by atoms with Crippen LogP contribution in [0.4, 0.5) is 0 Å². The van der Waals surface area contributed by atoms with Crippen LogP contribution >= 0.6 is 22.6 Å². The molecule has 1 saturated carbocycles. The van der Waals surface area contributed by atoms with E-state index in [1.807, 2.05) is 16.8 Å². The average Bonchev–Trinajstić information content (AvgIpc) is 3.37. The Morgan fingerprint density at radius 2 is 2.07 bits per heavy atom. The minimum Gasteiger partial charge on any atom is -0.382 e. The molecule has 1 amide bonds. The zero-order valence-electron chi connectivity index (χ0n) is 16.4. The summed E-state index contributed by atoms with van der Waals surface area (Å²) in [5.74, 6) is -0.413. The number of carbonyl (C=O) groups excluding carboxylic acids is 1. The van der Waals surface area contributed by atoms with Gasteiger partial charge in [0.25, 0.3) is 5.91 Å². The first-order valence-corrected chi connectivity index (χ1v) is 10.9. The molecule has 0 saturated heterocycles. The molecular formula is C21H25IN4O3. The van der Waals surface area contributed by atoms with Crippen LogP contribution in [-0.4, -0.2) is 46.5 Å². The lowest BCUT2D eigenvalue weighted by molar-refractivity contribution is -0.00620. The Hall–Kier alpha value is -1.91. The molecule has 154 valence electrons. The fraction of sp³-hybridized carbons (Fsp3) is 0.429. The van der Waals surface area contributed by atoms with Gasteiger partial charge < -0.3 is 24.3 Å². The van der Waals surface area contributed by atoms with Gasteiger partial charge in [-0.2, -0.15) is 0 Å². The molecule has 0 aliphatic heterocycles. The molecular weight excluding hydrogens is 483 g/mol. The first kappa shape index (κ1) is 20.4. The number of hydrogen-bond acceptors (Lipinski definition) is 4. The fourth-order valence-electron chi connectivity index (χ4n) is 4.16. The minimum atomic E-state index is -0.413. The van der Waals surface area contributed by atoms with Gasteiger partial charge in [0.15, 0.2) is 0 Å². The van der Waals surface area contributed by atoms with Gasteiger partial charge in [-0.05, 0) is 60.4 Å². The first-order valence-electron chi connectivity index (χ1n) is 9.81. The van der Waals surface area contributed by atoms with Gasteiger partial charge in [-0.1, -0.05) is 0 Å². The number of hydrogen-bond donors (Lipinski definition) is 1. The number of fused-ring (bicyclic) bond motifs is 1. The van der Waals surface area contributed by atoms with Crippen molar-refractivity contribution in [1.29, 1.82) is 0 Å². The number of ether oxygens (including phenoxy) is 2. The van der Waals surface area contributed by atoms with E-state index in [1.165, 1.54) is 0 Å². The maximum Gasteiger partial charge on any atom is 0.250 e. The van der Waals surface area contributed by atoms with Crippen LogP contribution in [0.1, 0.15) is 42.1 Å². The van der Waals surface area contributed by atoms with Crippen molar-refractivity contribution >= 4 is 39.4 Å². The summed E-state index contributed by atoms with van der Waals surface area (Å²) in [4.78, 5) is 16.4. The Morgan fingerprint density at radius 1 is 1.28 bits per heavy atom. The molecule has 2 heterocycles. The summed E-state index contributed by atoms with van der Waals surface area (Å²) in [5.41, 5.74) is 8.15. The number of amides is 1. The molecule has 0 spiro atoms. The molecule has 8 heteroatoms. The third-order valence-electron chi connectivity index (χ3n) is 5.61. The van der Waals surface area contributed by atoms with Gasteiger partial charge >= 0.3 is 0 Å². The number of halogens is 1. The van der Waals surface area contributed by atoms with E-state index in [9.17, 15) is 4.79 Å². The summed E-state index contributed by atoms with van der Waals surface area (Å²) in [5, 5.41) is 1.05. The van der Waals surface area contributed by atoms with E-state index < -0.39 is 5.91 Å². The van der Waals surface area contributed by atoms with Crippen LogP contribution in [0.25, 0.3) is 16.6 Å². The molecule has 3 aromatic rings. The SMILES string of the molecule is COCCOC1CCC(n2cc(I)c3cc(-n4ccnc4)cc(C(N)=O)c32)CC1. The quantitative estimate of drug-likeness (QED) is 0.390. The summed E-state index contributed by atoms with van der Waals surface area (Å²) in [6.07, 6.45) is 11.8. The number of imidazole rings is 1. The molecule has 0 unspecified atom stereocenters. The second-order valence-electron chi connectivity index (χ2n) is 7.40. The highest BCUT2D eigenvalue weighted by atomic mass is 127. The molecule has 0 bridgehead atoms. The number of benzene rings is 1. The van der Waals surface area contributed by atoms with Crippen LogP contribution < -0.4 is 5.73 Å². The van der Waals surface area contributed by atoms with Crippen molar-refractivity contribution in [3.63, 3.8) is 0 Å². The van der Waals surface area contributed by atoms with Crippen molar-refractivity contribution in [2.75, 3.05) is 20.3 Å². The Labute approximate surface area is 183 Å². The van der Waals surface area contributed by atoms with Crippen molar-refractivity contribution < 1.29 is 14.3 Å². The van der Waals surface area contributed by atoms with Crippen molar-refractivity contribution in [3.05, 3.63) is 46.2 Å². The summed E-state index contributed by atoms with van der Waals surface area (Å²) >= 11 is 2.34. The number of rotatable bonds is 7. The van der Waals surface area contributed by atoms with Gasteiger partial charge in [0, 0.05) is 46.4 Å². The highest BCUT2D eigenvalue weighted by Crippen LogP contribution is 2.37. The summed E-state index contributed by atoms with van der Waals surface area (Å²) in [6.45, 7) is 1.26. The molecule has 1 fully saturated rings. The summed E-state index contributed by atoms with van der Waals surface area (Å²) in [6, 6.07) is 4.29. The second kappa shape index (κ2) is 8.85. The lowest BCUT2D eigenvalue weighted by atomic mass is 9.92. The van der Waals surface area contributed by atoms with Gasteiger partial charge in [0.05, 0.1) is 36.7 Å². The Kier molecular flexibility index (Phi) is 6.21. The molecule has 1 aliphatic rings. The second-order valence-corrected chi connectivity index (χ2v) is 8.56. The number of aromatic nitrogens is 3. The van der Waals surface area contributed by atoms with Gasteiger partial charge in [0.1, 0.15) is 0 Å². The van der Waals surface area contributed by atoms with Gasteiger partial charge in [-0.25, -0.2) is 4.98 Å². The highest BCUT2D eigenvalue weighted by Gasteiger charge is 2.26. The Balaban J connectivity index is 1.65. The smallest absolute Gasteiger partial charge is 0.250 e. The van der Waals surface area contributed by atoms with Crippen LogP contribution in [0.3, 0.4) is 0 Å². The third-order valence-corrected chi connectivity index (χ3v) is 6.47. The highest BCUT2D eigenvalue weighted by molar-refractivity contribution is 14.1. The lowest BCUT2D eigenvalue weighted by Crippen LogP contribution is -2.25. The van der Waals surface area contributed by atoms with Crippen LogP contribution in [-0.2, 0) is 9.47 Å². The van der Waals surface area contributed by atoms with Crippen molar-refractivity contribution in [1.82, 2.24) is 14.1 Å². The number of nitrogens with zero attached hydrogens (tertiary/aromatic N) is 3. The zero-order valence-corrected chi connectivity index (χ0v) is 18.5. The first-order chi connectivity index (χ1) is 14.1. The van der Waals surface area contributed by atoms with Crippen LogP contribution in [0.2, 0.25) is 0 Å². The monoisotopic (exact) mass is 508 g/mol. The number of nitrogens with two attached hydrogens (primary N) is 1. The molecule has 4 rings (SSSR count). The zero-order chi connectivity index (χ0) is 20.4. The number of methoxy groups -OCH3 is 1. The van der Waals surface area contributed by atoms with Gasteiger partial charge in [0.2, 0.25) is 0 Å². The topological polar surface area (TPSA) is 84.3 Å². The van der Waals surface area contributed by atoms with Crippen molar-refractivity contribution in [3.8, 4) is 5.69 Å². The van der Waals surface area contributed by atoms with Gasteiger partial charge in [-0.15, -0.1) is 0 Å². The molecule has 7 nitrogen and oxygen atoms in total. The van der Waals surface area contributed by atoms with E-state index in [2.05, 4.69) is 44.4 Å².